The zero-order valence-corrected chi connectivity index (χ0v) is 23.8. The minimum Gasteiger partial charge on any atom is -0.363 e. The van der Waals surface area contributed by atoms with Crippen LogP contribution in [-0.2, 0) is 0 Å². The first kappa shape index (κ1) is 25.7. The van der Waals surface area contributed by atoms with Gasteiger partial charge in [0.25, 0.3) is 0 Å². The van der Waals surface area contributed by atoms with Crippen molar-refractivity contribution in [3.63, 3.8) is 0 Å². The van der Waals surface area contributed by atoms with Crippen molar-refractivity contribution in [2.45, 2.75) is 65.3 Å². The second kappa shape index (κ2) is 10.1. The molecule has 7 heteroatoms. The van der Waals surface area contributed by atoms with Gasteiger partial charge < -0.3 is 14.5 Å². The van der Waals surface area contributed by atoms with Crippen LogP contribution in [0.1, 0.15) is 72.6 Å². The molecule has 0 saturated carbocycles. The quantitative estimate of drug-likeness (QED) is 0.379. The zero-order valence-electron chi connectivity index (χ0n) is 23.0. The van der Waals surface area contributed by atoms with E-state index in [9.17, 15) is 0 Å². The molecule has 1 atom stereocenters. The molecule has 2 aromatic heterocycles. The van der Waals surface area contributed by atoms with Crippen LogP contribution in [0, 0.1) is 20.8 Å². The van der Waals surface area contributed by atoms with E-state index in [0.29, 0.717) is 0 Å². The Bertz CT molecular complexity index is 1430. The first-order valence-corrected chi connectivity index (χ1v) is 15.9. The van der Waals surface area contributed by atoms with Gasteiger partial charge >= 0.3 is 0 Å². The van der Waals surface area contributed by atoms with Crippen molar-refractivity contribution in [3.05, 3.63) is 58.9 Å². The number of aryl methyl sites for hydroxylation is 2. The van der Waals surface area contributed by atoms with Crippen LogP contribution in [0.15, 0.2) is 30.8 Å². The van der Waals surface area contributed by atoms with Crippen molar-refractivity contribution in [3.8, 4) is 0 Å². The largest absolute Gasteiger partial charge is 0.363 e. The highest BCUT2D eigenvalue weighted by atomic mass is 32.2. The fourth-order valence-electron chi connectivity index (χ4n) is 5.81. The summed E-state index contributed by atoms with van der Waals surface area (Å²) in [7, 11) is -1.42. The average molecular weight is 519 g/mol. The number of hydrogen-bond acceptors (Lipinski definition) is 5. The Hall–Kier alpha value is -2.93. The van der Waals surface area contributed by atoms with E-state index in [2.05, 4.69) is 88.6 Å². The Labute approximate surface area is 223 Å². The van der Waals surface area contributed by atoms with E-state index in [-0.39, 0.29) is 6.04 Å². The smallest absolute Gasteiger partial charge is 0.157 e. The van der Waals surface area contributed by atoms with E-state index in [1.165, 1.54) is 42.6 Å². The summed E-state index contributed by atoms with van der Waals surface area (Å²) in [5.74, 6) is 9.70. The summed E-state index contributed by atoms with van der Waals surface area (Å²) in [6.07, 6.45) is 9.25. The fourth-order valence-corrected chi connectivity index (χ4v) is 6.52. The highest BCUT2D eigenvalue weighted by Crippen LogP contribution is 2.40. The SMILES string of the molecule is C=C(c1cc(C)ccc1NS(=C)(=C)C)N1CCCC[C@H]1c1cc2nc(C)c(C)c(N3CCCCC3)n2n1. The predicted octanol–water partition coefficient (Wildman–Crippen LogP) is 6.47. The van der Waals surface area contributed by atoms with Gasteiger partial charge in [0.15, 0.2) is 5.65 Å². The monoisotopic (exact) mass is 518 g/mol. The number of aromatic nitrogens is 3. The summed E-state index contributed by atoms with van der Waals surface area (Å²) in [5, 5.41) is 5.24. The van der Waals surface area contributed by atoms with Crippen LogP contribution in [0.4, 0.5) is 11.5 Å². The van der Waals surface area contributed by atoms with Gasteiger partial charge in [-0.25, -0.2) is 4.98 Å². The summed E-state index contributed by atoms with van der Waals surface area (Å²) in [6.45, 7) is 14.2. The Balaban J connectivity index is 1.55. The molecule has 6 nitrogen and oxygen atoms in total. The molecule has 4 heterocycles. The summed E-state index contributed by atoms with van der Waals surface area (Å²) < 4.78 is 5.68. The molecule has 0 amide bonds. The summed E-state index contributed by atoms with van der Waals surface area (Å²) >= 11 is 0. The highest BCUT2D eigenvalue weighted by molar-refractivity contribution is 8.28. The predicted molar refractivity (Wildman–Crippen MR) is 163 cm³/mol. The second-order valence-electron chi connectivity index (χ2n) is 11.1. The van der Waals surface area contributed by atoms with Crippen molar-refractivity contribution < 1.29 is 0 Å². The minimum absolute atomic E-state index is 0.171. The normalized spacial score (nSPS) is 18.9. The van der Waals surface area contributed by atoms with Crippen molar-refractivity contribution in [2.24, 2.45) is 0 Å². The van der Waals surface area contributed by atoms with Gasteiger partial charge in [0.2, 0.25) is 0 Å². The van der Waals surface area contributed by atoms with Crippen molar-refractivity contribution in [1.82, 2.24) is 19.5 Å². The first-order valence-electron chi connectivity index (χ1n) is 13.5. The lowest BCUT2D eigenvalue weighted by molar-refractivity contribution is 0.226. The van der Waals surface area contributed by atoms with Gasteiger partial charge in [0.1, 0.15) is 5.82 Å². The lowest BCUT2D eigenvalue weighted by Gasteiger charge is -2.38. The summed E-state index contributed by atoms with van der Waals surface area (Å²) in [5.41, 5.74) is 8.79. The number of benzene rings is 1. The number of hydrogen-bond donors (Lipinski definition) is 1. The van der Waals surface area contributed by atoms with Gasteiger partial charge in [-0.1, -0.05) is 29.9 Å². The molecule has 0 bridgehead atoms. The fraction of sp³-hybridized carbons (Fsp3) is 0.467. The second-order valence-corrected chi connectivity index (χ2v) is 13.9. The number of piperidine rings is 2. The molecule has 5 rings (SSSR count). The van der Waals surface area contributed by atoms with Gasteiger partial charge in [-0.2, -0.15) is 9.61 Å². The molecule has 2 fully saturated rings. The molecule has 0 unspecified atom stereocenters. The van der Waals surface area contributed by atoms with Crippen LogP contribution < -0.4 is 9.62 Å². The topological polar surface area (TPSA) is 48.7 Å². The third-order valence-electron chi connectivity index (χ3n) is 7.76. The zero-order chi connectivity index (χ0) is 26.3. The molecule has 2 aliphatic heterocycles. The van der Waals surface area contributed by atoms with Gasteiger partial charge in [0.05, 0.1) is 17.4 Å². The standard InChI is InChI=1S/C30H42N6S/c1-21-14-15-26(33-37(5,6)7)25(19-21)24(4)35-18-12-9-13-28(35)27-20-29-31-23(3)22(2)30(36(29)32-27)34-16-10-8-11-17-34/h14-15,19-20,28,33H,4-6,8-13,16-18H2,1-3,7H3/t28-/m0/s1. The molecule has 198 valence electrons. The molecule has 2 aliphatic rings. The molecular weight excluding hydrogens is 476 g/mol. The lowest BCUT2D eigenvalue weighted by atomic mass is 9.96. The van der Waals surface area contributed by atoms with E-state index in [4.69, 9.17) is 10.1 Å². The molecule has 3 aromatic rings. The van der Waals surface area contributed by atoms with E-state index < -0.39 is 9.39 Å². The van der Waals surface area contributed by atoms with E-state index in [0.717, 1.165) is 66.5 Å². The number of anilines is 2. The average Bonchev–Trinajstić information content (AvgIpc) is 3.28. The number of fused-ring (bicyclic) bond motifs is 1. The van der Waals surface area contributed by atoms with Crippen LogP contribution >= 0.6 is 9.39 Å². The Morgan fingerprint density at radius 3 is 2.46 bits per heavy atom. The third-order valence-corrected chi connectivity index (χ3v) is 8.47. The van der Waals surface area contributed by atoms with Gasteiger partial charge in [-0.15, -0.1) is 9.39 Å². The Kier molecular flexibility index (Phi) is 7.01. The molecule has 2 saturated heterocycles. The molecule has 0 aliphatic carbocycles. The molecule has 0 spiro atoms. The van der Waals surface area contributed by atoms with Crippen LogP contribution in [0.2, 0.25) is 0 Å². The van der Waals surface area contributed by atoms with Crippen molar-refractivity contribution >= 4 is 44.0 Å². The van der Waals surface area contributed by atoms with E-state index in [1.54, 1.807) is 0 Å². The van der Waals surface area contributed by atoms with Crippen LogP contribution in [-0.4, -0.2) is 57.1 Å². The maximum Gasteiger partial charge on any atom is 0.157 e. The third kappa shape index (κ3) is 5.24. The maximum absolute atomic E-state index is 5.24. The Morgan fingerprint density at radius 2 is 1.73 bits per heavy atom. The van der Waals surface area contributed by atoms with Crippen LogP contribution in [0.3, 0.4) is 0 Å². The Morgan fingerprint density at radius 1 is 1.00 bits per heavy atom. The van der Waals surface area contributed by atoms with E-state index >= 15 is 0 Å². The highest BCUT2D eigenvalue weighted by Gasteiger charge is 2.30. The first-order chi connectivity index (χ1) is 17.6. The number of nitrogens with zero attached hydrogens (tertiary/aromatic N) is 5. The molecule has 37 heavy (non-hydrogen) atoms. The van der Waals surface area contributed by atoms with Crippen LogP contribution in [0.25, 0.3) is 11.3 Å². The van der Waals surface area contributed by atoms with Crippen LogP contribution in [0.5, 0.6) is 0 Å². The minimum atomic E-state index is -1.42. The number of likely N-dealkylation sites (tertiary alicyclic amines) is 1. The molecule has 1 N–H and O–H groups in total. The van der Waals surface area contributed by atoms with E-state index in [1.807, 2.05) is 0 Å². The molecule has 0 radical (unpaired) electrons. The maximum atomic E-state index is 5.24. The lowest BCUT2D eigenvalue weighted by Crippen LogP contribution is -2.33. The van der Waals surface area contributed by atoms with Gasteiger partial charge in [-0.05, 0) is 77.7 Å². The number of nitrogens with one attached hydrogen (secondary N) is 1. The van der Waals surface area contributed by atoms with Gasteiger partial charge in [-0.3, -0.25) is 0 Å². The van der Waals surface area contributed by atoms with Crippen molar-refractivity contribution in [1.29, 1.82) is 0 Å². The molecule has 1 aromatic carbocycles. The van der Waals surface area contributed by atoms with Gasteiger partial charge in [0, 0.05) is 48.2 Å². The molecular formula is C30H42N6S. The number of rotatable bonds is 6. The summed E-state index contributed by atoms with van der Waals surface area (Å²) in [6, 6.07) is 8.89. The summed E-state index contributed by atoms with van der Waals surface area (Å²) in [4.78, 5) is 9.92. The van der Waals surface area contributed by atoms with Crippen molar-refractivity contribution in [2.75, 3.05) is 35.5 Å².